The molecule has 1 amide bonds. The number of aromatic nitrogens is 1. The van der Waals surface area contributed by atoms with Gasteiger partial charge in [-0.25, -0.2) is 8.42 Å². The van der Waals surface area contributed by atoms with E-state index in [-0.39, 0.29) is 4.90 Å². The summed E-state index contributed by atoms with van der Waals surface area (Å²) in [5.41, 5.74) is 3.62. The molecule has 0 aliphatic carbocycles. The van der Waals surface area contributed by atoms with E-state index in [4.69, 9.17) is 0 Å². The third kappa shape index (κ3) is 4.43. The van der Waals surface area contributed by atoms with Crippen LogP contribution in [0, 0.1) is 0 Å². The van der Waals surface area contributed by atoms with Crippen molar-refractivity contribution in [1.29, 1.82) is 0 Å². The predicted molar refractivity (Wildman–Crippen MR) is 91.3 cm³/mol. The molecule has 0 atom stereocenters. The van der Waals surface area contributed by atoms with Crippen molar-refractivity contribution in [2.45, 2.75) is 24.7 Å². The molecule has 2 N–H and O–H groups in total. The number of carbonyl (C=O) groups is 1. The van der Waals surface area contributed by atoms with Crippen LogP contribution < -0.4 is 10.3 Å². The number of nitrogens with zero attached hydrogens (tertiary/aromatic N) is 1. The fourth-order valence-electron chi connectivity index (χ4n) is 2.11. The van der Waals surface area contributed by atoms with Gasteiger partial charge in [0.05, 0.1) is 4.90 Å². The minimum absolute atomic E-state index is 0.103. The average molecular weight is 400 g/mol. The van der Waals surface area contributed by atoms with Crippen LogP contribution in [-0.2, 0) is 23.5 Å². The van der Waals surface area contributed by atoms with E-state index in [9.17, 15) is 13.2 Å². The summed E-state index contributed by atoms with van der Waals surface area (Å²) in [5.74, 6) is -0.538. The molecular weight excluding hydrogens is 382 g/mol. The number of aryl methyl sites for hydroxylation is 2. The summed E-state index contributed by atoms with van der Waals surface area (Å²) in [6.45, 7) is 2.06. The van der Waals surface area contributed by atoms with E-state index in [0.29, 0.717) is 5.69 Å². The standard InChI is InChI=1S/C15H18BrN3O3S/c1-3-4-11-5-7-13(8-6-11)23(21,22)18-17-15(20)14-9-12(16)10-19(14)2/h5-10,18H,3-4H2,1-2H3,(H,17,20). The fourth-order valence-corrected chi connectivity index (χ4v) is 3.47. The molecule has 6 nitrogen and oxygen atoms in total. The van der Waals surface area contributed by atoms with Crippen molar-refractivity contribution < 1.29 is 13.2 Å². The number of amides is 1. The topological polar surface area (TPSA) is 80.2 Å². The minimum atomic E-state index is -3.80. The van der Waals surface area contributed by atoms with Crippen LogP contribution >= 0.6 is 15.9 Å². The van der Waals surface area contributed by atoms with E-state index in [1.54, 1.807) is 36.0 Å². The minimum Gasteiger partial charge on any atom is -0.345 e. The number of halogens is 1. The number of hydrogen-bond donors (Lipinski definition) is 2. The van der Waals surface area contributed by atoms with E-state index in [2.05, 4.69) is 33.1 Å². The van der Waals surface area contributed by atoms with Gasteiger partial charge in [-0.15, -0.1) is 4.83 Å². The molecule has 124 valence electrons. The largest absolute Gasteiger partial charge is 0.345 e. The summed E-state index contributed by atoms with van der Waals surface area (Å²) >= 11 is 3.26. The quantitative estimate of drug-likeness (QED) is 0.731. The van der Waals surface area contributed by atoms with Gasteiger partial charge in [0.25, 0.3) is 15.9 Å². The zero-order chi connectivity index (χ0) is 17.0. The molecule has 0 bridgehead atoms. The number of sulfonamides is 1. The van der Waals surface area contributed by atoms with Gasteiger partial charge in [-0.2, -0.15) is 0 Å². The zero-order valence-electron chi connectivity index (χ0n) is 12.8. The number of rotatable bonds is 6. The van der Waals surface area contributed by atoms with E-state index < -0.39 is 15.9 Å². The van der Waals surface area contributed by atoms with Gasteiger partial charge in [0, 0.05) is 17.7 Å². The molecule has 0 aliphatic rings. The Labute approximate surface area is 144 Å². The van der Waals surface area contributed by atoms with Crippen molar-refractivity contribution >= 4 is 31.9 Å². The van der Waals surface area contributed by atoms with E-state index in [1.165, 1.54) is 12.1 Å². The molecule has 0 radical (unpaired) electrons. The highest BCUT2D eigenvalue weighted by molar-refractivity contribution is 9.10. The molecule has 1 aromatic carbocycles. The Kier molecular flexibility index (Phi) is 5.61. The molecule has 2 aromatic rings. The Morgan fingerprint density at radius 2 is 1.91 bits per heavy atom. The lowest BCUT2D eigenvalue weighted by Gasteiger charge is -2.09. The number of carbonyl (C=O) groups excluding carboxylic acids is 1. The van der Waals surface area contributed by atoms with Gasteiger partial charge in [-0.1, -0.05) is 25.5 Å². The lowest BCUT2D eigenvalue weighted by atomic mass is 10.1. The SMILES string of the molecule is CCCc1ccc(S(=O)(=O)NNC(=O)c2cc(Br)cn2C)cc1. The maximum absolute atomic E-state index is 12.2. The lowest BCUT2D eigenvalue weighted by molar-refractivity contribution is 0.0937. The Bertz CT molecular complexity index is 798. The maximum atomic E-state index is 12.2. The Hall–Kier alpha value is -1.64. The van der Waals surface area contributed by atoms with Crippen LogP contribution in [0.2, 0.25) is 0 Å². The van der Waals surface area contributed by atoms with Gasteiger partial charge < -0.3 is 4.57 Å². The first-order chi connectivity index (χ1) is 10.8. The third-order valence-corrected chi connectivity index (χ3v) is 4.97. The molecule has 0 fully saturated rings. The van der Waals surface area contributed by atoms with Crippen LogP contribution in [-0.4, -0.2) is 18.9 Å². The molecule has 0 aliphatic heterocycles. The highest BCUT2D eigenvalue weighted by atomic mass is 79.9. The van der Waals surface area contributed by atoms with Crippen molar-refractivity contribution in [2.75, 3.05) is 0 Å². The maximum Gasteiger partial charge on any atom is 0.282 e. The second kappa shape index (κ2) is 7.29. The van der Waals surface area contributed by atoms with Crippen molar-refractivity contribution in [3.05, 3.63) is 52.3 Å². The highest BCUT2D eigenvalue weighted by Gasteiger charge is 2.17. The first-order valence-electron chi connectivity index (χ1n) is 7.06. The first kappa shape index (κ1) is 17.7. The normalized spacial score (nSPS) is 11.4. The summed E-state index contributed by atoms with van der Waals surface area (Å²) in [6, 6.07) is 8.20. The third-order valence-electron chi connectivity index (χ3n) is 3.28. The van der Waals surface area contributed by atoms with Crippen molar-refractivity contribution in [3.63, 3.8) is 0 Å². The molecule has 23 heavy (non-hydrogen) atoms. The van der Waals surface area contributed by atoms with Crippen LogP contribution in [0.5, 0.6) is 0 Å². The Morgan fingerprint density at radius 1 is 1.26 bits per heavy atom. The molecule has 0 unspecified atom stereocenters. The van der Waals surface area contributed by atoms with Crippen LogP contribution in [0.1, 0.15) is 29.4 Å². The summed E-state index contributed by atoms with van der Waals surface area (Å²) in [6.07, 6.45) is 3.59. The van der Waals surface area contributed by atoms with Gasteiger partial charge in [-0.05, 0) is 46.1 Å². The highest BCUT2D eigenvalue weighted by Crippen LogP contribution is 2.14. The number of benzene rings is 1. The van der Waals surface area contributed by atoms with Gasteiger partial charge in [0.15, 0.2) is 0 Å². The summed E-state index contributed by atoms with van der Waals surface area (Å²) in [4.78, 5) is 14.2. The van der Waals surface area contributed by atoms with E-state index in [1.807, 2.05) is 0 Å². The van der Waals surface area contributed by atoms with Gasteiger partial charge in [-0.3, -0.25) is 10.2 Å². The Balaban J connectivity index is 2.06. The fraction of sp³-hybridized carbons (Fsp3) is 0.267. The number of hydrazine groups is 1. The van der Waals surface area contributed by atoms with Crippen molar-refractivity contribution in [3.8, 4) is 0 Å². The second-order valence-corrected chi connectivity index (χ2v) is 7.71. The molecule has 8 heteroatoms. The first-order valence-corrected chi connectivity index (χ1v) is 9.34. The van der Waals surface area contributed by atoms with Crippen molar-refractivity contribution in [2.24, 2.45) is 7.05 Å². The molecule has 1 aromatic heterocycles. The molecule has 0 saturated heterocycles. The number of hydrogen-bond acceptors (Lipinski definition) is 3. The number of nitrogens with one attached hydrogen (secondary N) is 2. The lowest BCUT2D eigenvalue weighted by Crippen LogP contribution is -2.42. The molecule has 1 heterocycles. The summed E-state index contributed by atoms with van der Waals surface area (Å²) < 4.78 is 26.7. The van der Waals surface area contributed by atoms with Gasteiger partial charge in [0.2, 0.25) is 0 Å². The monoisotopic (exact) mass is 399 g/mol. The smallest absolute Gasteiger partial charge is 0.282 e. The Morgan fingerprint density at radius 3 is 2.43 bits per heavy atom. The molecule has 0 spiro atoms. The average Bonchev–Trinajstić information content (AvgIpc) is 2.84. The van der Waals surface area contributed by atoms with Gasteiger partial charge >= 0.3 is 0 Å². The predicted octanol–water partition coefficient (Wildman–Crippen LogP) is 2.36. The zero-order valence-corrected chi connectivity index (χ0v) is 15.2. The van der Waals surface area contributed by atoms with Crippen LogP contribution in [0.3, 0.4) is 0 Å². The van der Waals surface area contributed by atoms with E-state index in [0.717, 1.165) is 22.9 Å². The molecule has 0 saturated carbocycles. The second-order valence-electron chi connectivity index (χ2n) is 5.11. The summed E-state index contributed by atoms with van der Waals surface area (Å²) in [5, 5.41) is 0. The van der Waals surface area contributed by atoms with Crippen LogP contribution in [0.15, 0.2) is 45.9 Å². The summed E-state index contributed by atoms with van der Waals surface area (Å²) in [7, 11) is -2.11. The molecular formula is C15H18BrN3O3S. The molecule has 2 rings (SSSR count). The van der Waals surface area contributed by atoms with Crippen LogP contribution in [0.4, 0.5) is 0 Å². The van der Waals surface area contributed by atoms with Gasteiger partial charge in [0.1, 0.15) is 5.69 Å². The van der Waals surface area contributed by atoms with E-state index >= 15 is 0 Å². The van der Waals surface area contributed by atoms with Crippen LogP contribution in [0.25, 0.3) is 0 Å². The van der Waals surface area contributed by atoms with Crippen molar-refractivity contribution in [1.82, 2.24) is 14.8 Å².